The van der Waals surface area contributed by atoms with Crippen molar-refractivity contribution in [1.29, 1.82) is 0 Å². The summed E-state index contributed by atoms with van der Waals surface area (Å²) < 4.78 is 0. The molecule has 4 amide bonds. The van der Waals surface area contributed by atoms with Crippen molar-refractivity contribution in [2.45, 2.75) is 37.3 Å². The lowest BCUT2D eigenvalue weighted by molar-refractivity contribution is -0.134. The highest BCUT2D eigenvalue weighted by molar-refractivity contribution is 7.99. The minimum atomic E-state index is -0.792. The number of thioether (sulfide) groups is 1. The van der Waals surface area contributed by atoms with Crippen LogP contribution in [0.1, 0.15) is 36.4 Å². The Labute approximate surface area is 150 Å². The smallest absolute Gasteiger partial charge is 0.325 e. The summed E-state index contributed by atoms with van der Waals surface area (Å²) in [7, 11) is 0. The summed E-state index contributed by atoms with van der Waals surface area (Å²) in [6, 6.07) is 7.61. The van der Waals surface area contributed by atoms with Crippen LogP contribution in [-0.2, 0) is 16.0 Å². The molecule has 1 spiro atoms. The lowest BCUT2D eigenvalue weighted by Gasteiger charge is -2.27. The van der Waals surface area contributed by atoms with E-state index in [1.54, 1.807) is 11.8 Å². The Balaban J connectivity index is 1.43. The van der Waals surface area contributed by atoms with Crippen LogP contribution in [0.4, 0.5) is 4.79 Å². The predicted octanol–water partition coefficient (Wildman–Crippen LogP) is 1.61. The summed E-state index contributed by atoms with van der Waals surface area (Å²) in [4.78, 5) is 38.3. The molecule has 0 radical (unpaired) electrons. The first-order valence-electron chi connectivity index (χ1n) is 8.68. The fraction of sp³-hybridized carbons (Fsp3) is 0.500. The maximum absolute atomic E-state index is 12.6. The van der Waals surface area contributed by atoms with E-state index >= 15 is 0 Å². The van der Waals surface area contributed by atoms with Crippen molar-refractivity contribution in [2.75, 3.05) is 18.1 Å². The standard InChI is InChI=1S/C18H21N3O3S/c22-15(19-14-7-3-5-12-4-1-2-6-13(12)14)10-21-16(23)18(20-17(21)24)8-9-25-11-18/h1-2,4,6,14H,3,5,7-11H2,(H,19,22)(H,20,24). The van der Waals surface area contributed by atoms with E-state index < -0.39 is 11.6 Å². The zero-order valence-electron chi connectivity index (χ0n) is 13.9. The van der Waals surface area contributed by atoms with Gasteiger partial charge < -0.3 is 10.6 Å². The first-order chi connectivity index (χ1) is 12.1. The van der Waals surface area contributed by atoms with E-state index in [9.17, 15) is 14.4 Å². The van der Waals surface area contributed by atoms with Gasteiger partial charge in [-0.1, -0.05) is 24.3 Å². The first kappa shape index (κ1) is 16.4. The molecule has 6 nitrogen and oxygen atoms in total. The van der Waals surface area contributed by atoms with Crippen molar-refractivity contribution in [3.63, 3.8) is 0 Å². The van der Waals surface area contributed by atoms with E-state index in [1.807, 2.05) is 18.2 Å². The third kappa shape index (κ3) is 2.90. The molecule has 2 N–H and O–H groups in total. The van der Waals surface area contributed by atoms with Gasteiger partial charge in [0.1, 0.15) is 12.1 Å². The van der Waals surface area contributed by atoms with Crippen LogP contribution in [0.2, 0.25) is 0 Å². The molecular weight excluding hydrogens is 338 g/mol. The van der Waals surface area contributed by atoms with Gasteiger partial charge in [0.2, 0.25) is 5.91 Å². The van der Waals surface area contributed by atoms with Gasteiger partial charge in [0.15, 0.2) is 0 Å². The number of carbonyl (C=O) groups is 3. The van der Waals surface area contributed by atoms with E-state index in [0.717, 1.165) is 35.5 Å². The van der Waals surface area contributed by atoms with E-state index in [-0.39, 0.29) is 24.4 Å². The zero-order valence-corrected chi connectivity index (χ0v) is 14.7. The monoisotopic (exact) mass is 359 g/mol. The molecule has 1 aliphatic carbocycles. The molecule has 2 saturated heterocycles. The van der Waals surface area contributed by atoms with Crippen molar-refractivity contribution in [3.8, 4) is 0 Å². The first-order valence-corrected chi connectivity index (χ1v) is 9.84. The molecule has 2 heterocycles. The molecule has 25 heavy (non-hydrogen) atoms. The van der Waals surface area contributed by atoms with Crippen LogP contribution in [0, 0.1) is 0 Å². The molecule has 7 heteroatoms. The number of fused-ring (bicyclic) bond motifs is 1. The second kappa shape index (κ2) is 6.37. The number of benzene rings is 1. The molecular formula is C18H21N3O3S. The Kier molecular flexibility index (Phi) is 4.19. The molecule has 2 aliphatic heterocycles. The van der Waals surface area contributed by atoms with E-state index in [0.29, 0.717) is 12.2 Å². The Morgan fingerprint density at radius 2 is 2.20 bits per heavy atom. The highest BCUT2D eigenvalue weighted by Gasteiger charge is 2.53. The summed E-state index contributed by atoms with van der Waals surface area (Å²) >= 11 is 1.65. The molecule has 2 unspecified atom stereocenters. The molecule has 0 saturated carbocycles. The van der Waals surface area contributed by atoms with Crippen molar-refractivity contribution >= 4 is 29.6 Å². The SMILES string of the molecule is O=C(CN1C(=O)NC2(CCSC2)C1=O)NC1CCCc2ccccc21. The maximum Gasteiger partial charge on any atom is 0.325 e. The Morgan fingerprint density at radius 1 is 1.36 bits per heavy atom. The number of hydrogen-bond donors (Lipinski definition) is 2. The van der Waals surface area contributed by atoms with Gasteiger partial charge in [0, 0.05) is 5.75 Å². The van der Waals surface area contributed by atoms with Crippen LogP contribution in [0.3, 0.4) is 0 Å². The molecule has 1 aromatic rings. The normalized spacial score (nSPS) is 28.2. The number of rotatable bonds is 3. The number of carbonyl (C=O) groups excluding carboxylic acids is 3. The number of nitrogens with one attached hydrogen (secondary N) is 2. The van der Waals surface area contributed by atoms with Gasteiger partial charge in [0.05, 0.1) is 6.04 Å². The van der Waals surface area contributed by atoms with Crippen LogP contribution in [0.25, 0.3) is 0 Å². The number of imide groups is 1. The third-order valence-corrected chi connectivity index (χ3v) is 6.46. The minimum absolute atomic E-state index is 0.0470. The molecule has 4 rings (SSSR count). The molecule has 0 aromatic heterocycles. The molecule has 2 fully saturated rings. The topological polar surface area (TPSA) is 78.5 Å². The van der Waals surface area contributed by atoms with Gasteiger partial charge in [-0.05, 0) is 42.6 Å². The van der Waals surface area contributed by atoms with E-state index in [2.05, 4.69) is 16.7 Å². The highest BCUT2D eigenvalue weighted by Crippen LogP contribution is 2.33. The van der Waals surface area contributed by atoms with Gasteiger partial charge in [-0.3, -0.25) is 14.5 Å². The van der Waals surface area contributed by atoms with Gasteiger partial charge in [-0.15, -0.1) is 0 Å². The quantitative estimate of drug-likeness (QED) is 0.804. The third-order valence-electron chi connectivity index (χ3n) is 5.27. The summed E-state index contributed by atoms with van der Waals surface area (Å²) in [6.45, 7) is -0.213. The maximum atomic E-state index is 12.6. The summed E-state index contributed by atoms with van der Waals surface area (Å²) in [5, 5.41) is 5.79. The number of amides is 4. The van der Waals surface area contributed by atoms with Gasteiger partial charge >= 0.3 is 6.03 Å². The van der Waals surface area contributed by atoms with Gasteiger partial charge in [-0.25, -0.2) is 4.79 Å². The Bertz CT molecular complexity index is 730. The lowest BCUT2D eigenvalue weighted by Crippen LogP contribution is -2.48. The van der Waals surface area contributed by atoms with Crippen molar-refractivity contribution in [3.05, 3.63) is 35.4 Å². The fourth-order valence-electron chi connectivity index (χ4n) is 3.94. The minimum Gasteiger partial charge on any atom is -0.348 e. The van der Waals surface area contributed by atoms with Crippen molar-refractivity contribution < 1.29 is 14.4 Å². The predicted molar refractivity (Wildman–Crippen MR) is 95.2 cm³/mol. The van der Waals surface area contributed by atoms with Gasteiger partial charge in [-0.2, -0.15) is 11.8 Å². The molecule has 1 aromatic carbocycles. The highest BCUT2D eigenvalue weighted by atomic mass is 32.2. The summed E-state index contributed by atoms with van der Waals surface area (Å²) in [6.07, 6.45) is 3.56. The fourth-order valence-corrected chi connectivity index (χ4v) is 5.27. The van der Waals surface area contributed by atoms with Crippen LogP contribution in [-0.4, -0.2) is 46.3 Å². The van der Waals surface area contributed by atoms with Crippen molar-refractivity contribution in [1.82, 2.24) is 15.5 Å². The summed E-state index contributed by atoms with van der Waals surface area (Å²) in [5.41, 5.74) is 1.61. The number of nitrogens with zero attached hydrogens (tertiary/aromatic N) is 1. The second-order valence-electron chi connectivity index (χ2n) is 6.92. The molecule has 132 valence electrons. The second-order valence-corrected chi connectivity index (χ2v) is 8.02. The van der Waals surface area contributed by atoms with Crippen LogP contribution >= 0.6 is 11.8 Å². The van der Waals surface area contributed by atoms with Gasteiger partial charge in [0.25, 0.3) is 5.91 Å². The molecule has 0 bridgehead atoms. The molecule has 3 aliphatic rings. The number of urea groups is 1. The van der Waals surface area contributed by atoms with Crippen LogP contribution in [0.15, 0.2) is 24.3 Å². The summed E-state index contributed by atoms with van der Waals surface area (Å²) in [5.74, 6) is 0.894. The Hall–Kier alpha value is -2.02. The molecule has 2 atom stereocenters. The van der Waals surface area contributed by atoms with E-state index in [4.69, 9.17) is 0 Å². The zero-order chi connectivity index (χ0) is 17.4. The largest absolute Gasteiger partial charge is 0.348 e. The van der Waals surface area contributed by atoms with Crippen molar-refractivity contribution in [2.24, 2.45) is 0 Å². The van der Waals surface area contributed by atoms with Crippen LogP contribution in [0.5, 0.6) is 0 Å². The number of hydrogen-bond acceptors (Lipinski definition) is 4. The van der Waals surface area contributed by atoms with Crippen LogP contribution < -0.4 is 10.6 Å². The lowest BCUT2D eigenvalue weighted by atomic mass is 9.88. The van der Waals surface area contributed by atoms with E-state index in [1.165, 1.54) is 5.56 Å². The Morgan fingerprint density at radius 3 is 3.00 bits per heavy atom. The number of aryl methyl sites for hydroxylation is 1. The average Bonchev–Trinajstić information content (AvgIpc) is 3.16. The average molecular weight is 359 g/mol.